The molecule has 1 atom stereocenters. The van der Waals surface area contributed by atoms with Crippen LogP contribution in [-0.2, 0) is 4.79 Å². The summed E-state index contributed by atoms with van der Waals surface area (Å²) >= 11 is 6.03. The van der Waals surface area contributed by atoms with Crippen LogP contribution in [0.3, 0.4) is 0 Å². The maximum Gasteiger partial charge on any atom is 0.255 e. The van der Waals surface area contributed by atoms with E-state index in [1.54, 1.807) is 16.9 Å². The summed E-state index contributed by atoms with van der Waals surface area (Å²) in [5.74, 6) is -0.201. The normalized spacial score (nSPS) is 15.0. The fourth-order valence-corrected chi connectivity index (χ4v) is 4.27. The summed E-state index contributed by atoms with van der Waals surface area (Å²) in [4.78, 5) is 29.3. The Bertz CT molecular complexity index is 1180. The van der Waals surface area contributed by atoms with E-state index in [-0.39, 0.29) is 28.3 Å². The predicted octanol–water partition coefficient (Wildman–Crippen LogP) is 4.73. The topological polar surface area (TPSA) is 49.9 Å². The lowest BCUT2D eigenvalue weighted by Gasteiger charge is -2.36. The van der Waals surface area contributed by atoms with Gasteiger partial charge in [-0.2, -0.15) is 0 Å². The Labute approximate surface area is 191 Å². The molecule has 0 radical (unpaired) electrons. The molecule has 0 unspecified atom stereocenters. The van der Waals surface area contributed by atoms with Gasteiger partial charge in [0.1, 0.15) is 11.6 Å². The number of amides is 2. The Balaban J connectivity index is 1.41. The van der Waals surface area contributed by atoms with E-state index in [1.807, 2.05) is 43.3 Å². The molecule has 0 aliphatic carbocycles. The van der Waals surface area contributed by atoms with Gasteiger partial charge >= 0.3 is 0 Å². The summed E-state index contributed by atoms with van der Waals surface area (Å²) in [6, 6.07) is 15.6. The highest BCUT2D eigenvalue weighted by Crippen LogP contribution is 2.27. The highest BCUT2D eigenvalue weighted by molar-refractivity contribution is 6.33. The summed E-state index contributed by atoms with van der Waals surface area (Å²) in [6.07, 6.45) is 0. The van der Waals surface area contributed by atoms with Crippen LogP contribution < -0.4 is 4.74 Å². The Morgan fingerprint density at radius 3 is 2.28 bits per heavy atom. The van der Waals surface area contributed by atoms with Crippen LogP contribution in [-0.4, -0.2) is 54.9 Å². The molecule has 1 aliphatic heterocycles. The minimum atomic E-state index is -0.483. The molecular formula is C25H24ClFN2O3. The number of carbonyl (C=O) groups excluding carboxylic acids is 2. The molecule has 0 N–H and O–H groups in total. The zero-order chi connectivity index (χ0) is 22.8. The maximum atomic E-state index is 13.3. The van der Waals surface area contributed by atoms with Gasteiger partial charge in [-0.1, -0.05) is 35.9 Å². The molecule has 0 spiro atoms. The first-order chi connectivity index (χ1) is 15.4. The van der Waals surface area contributed by atoms with Crippen molar-refractivity contribution in [1.82, 2.24) is 9.80 Å². The van der Waals surface area contributed by atoms with Gasteiger partial charge in [-0.25, -0.2) is 4.39 Å². The number of hydrogen-bond donors (Lipinski definition) is 0. The van der Waals surface area contributed by atoms with E-state index in [1.165, 1.54) is 12.1 Å². The number of fused-ring (bicyclic) bond motifs is 1. The molecule has 166 valence electrons. The fourth-order valence-electron chi connectivity index (χ4n) is 4.02. The zero-order valence-electron chi connectivity index (χ0n) is 18.0. The van der Waals surface area contributed by atoms with E-state index >= 15 is 0 Å². The van der Waals surface area contributed by atoms with Gasteiger partial charge in [0, 0.05) is 26.2 Å². The molecule has 1 fully saturated rings. The smallest absolute Gasteiger partial charge is 0.255 e. The number of piperazine rings is 1. The monoisotopic (exact) mass is 454 g/mol. The minimum Gasteiger partial charge on any atom is -0.497 e. The van der Waals surface area contributed by atoms with Crippen LogP contribution in [0.1, 0.15) is 28.8 Å². The first-order valence-corrected chi connectivity index (χ1v) is 10.9. The van der Waals surface area contributed by atoms with E-state index in [0.717, 1.165) is 28.2 Å². The van der Waals surface area contributed by atoms with Crippen LogP contribution >= 0.6 is 11.6 Å². The Kier molecular flexibility index (Phi) is 6.33. The van der Waals surface area contributed by atoms with Crippen LogP contribution in [0.2, 0.25) is 5.02 Å². The van der Waals surface area contributed by atoms with Crippen LogP contribution in [0.15, 0.2) is 54.6 Å². The summed E-state index contributed by atoms with van der Waals surface area (Å²) < 4.78 is 18.5. The van der Waals surface area contributed by atoms with Crippen molar-refractivity contribution >= 4 is 34.2 Å². The summed E-state index contributed by atoms with van der Waals surface area (Å²) in [7, 11) is 1.64. The number of ether oxygens (including phenoxy) is 1. The Morgan fingerprint density at radius 1 is 0.938 bits per heavy atom. The molecule has 0 bridgehead atoms. The number of benzene rings is 3. The number of rotatable bonds is 4. The van der Waals surface area contributed by atoms with Crippen molar-refractivity contribution in [3.05, 3.63) is 76.6 Å². The van der Waals surface area contributed by atoms with Gasteiger partial charge in [-0.3, -0.25) is 9.59 Å². The Morgan fingerprint density at radius 2 is 1.59 bits per heavy atom. The van der Waals surface area contributed by atoms with Gasteiger partial charge < -0.3 is 14.5 Å². The third-order valence-corrected chi connectivity index (χ3v) is 6.29. The molecule has 7 heteroatoms. The lowest BCUT2D eigenvalue weighted by atomic mass is 9.96. The second kappa shape index (κ2) is 9.17. The SMILES string of the molecule is COc1ccc2cc([C@H](C)C(=O)N3CCN(C(=O)c4ccc(F)cc4Cl)CC3)ccc2c1. The van der Waals surface area contributed by atoms with Gasteiger partial charge in [-0.05, 0) is 53.6 Å². The van der Waals surface area contributed by atoms with E-state index in [2.05, 4.69) is 0 Å². The Hall–Kier alpha value is -3.12. The molecule has 5 nitrogen and oxygen atoms in total. The minimum absolute atomic E-state index is 0.0322. The van der Waals surface area contributed by atoms with E-state index < -0.39 is 5.82 Å². The molecule has 1 heterocycles. The van der Waals surface area contributed by atoms with Gasteiger partial charge in [0.05, 0.1) is 23.6 Å². The van der Waals surface area contributed by atoms with Crippen molar-refractivity contribution in [2.24, 2.45) is 0 Å². The summed E-state index contributed by atoms with van der Waals surface area (Å²) in [5.41, 5.74) is 1.22. The van der Waals surface area contributed by atoms with Gasteiger partial charge in [0.2, 0.25) is 5.91 Å². The molecule has 0 aromatic heterocycles. The molecule has 3 aromatic rings. The third-order valence-electron chi connectivity index (χ3n) is 5.98. The molecule has 4 rings (SSSR count). The largest absolute Gasteiger partial charge is 0.497 e. The van der Waals surface area contributed by atoms with Gasteiger partial charge in [-0.15, -0.1) is 0 Å². The van der Waals surface area contributed by atoms with Crippen LogP contribution in [0, 0.1) is 5.82 Å². The highest BCUT2D eigenvalue weighted by atomic mass is 35.5. The summed E-state index contributed by atoms with van der Waals surface area (Å²) in [6.45, 7) is 3.60. The van der Waals surface area contributed by atoms with E-state index in [9.17, 15) is 14.0 Å². The second-order valence-corrected chi connectivity index (χ2v) is 8.34. The average Bonchev–Trinajstić information content (AvgIpc) is 2.82. The van der Waals surface area contributed by atoms with Crippen molar-refractivity contribution in [2.75, 3.05) is 33.3 Å². The number of halogens is 2. The first kappa shape index (κ1) is 22.1. The molecular weight excluding hydrogens is 431 g/mol. The fraction of sp³-hybridized carbons (Fsp3) is 0.280. The van der Waals surface area contributed by atoms with Gasteiger partial charge in [0.25, 0.3) is 5.91 Å². The van der Waals surface area contributed by atoms with Crippen molar-refractivity contribution in [3.63, 3.8) is 0 Å². The first-order valence-electron chi connectivity index (χ1n) is 10.5. The van der Waals surface area contributed by atoms with E-state index in [4.69, 9.17) is 16.3 Å². The van der Waals surface area contributed by atoms with Crippen LogP contribution in [0.25, 0.3) is 10.8 Å². The predicted molar refractivity (Wildman–Crippen MR) is 123 cm³/mol. The van der Waals surface area contributed by atoms with Crippen molar-refractivity contribution in [3.8, 4) is 5.75 Å². The average molecular weight is 455 g/mol. The molecule has 1 aliphatic rings. The summed E-state index contributed by atoms with van der Waals surface area (Å²) in [5, 5.41) is 2.20. The molecule has 0 saturated carbocycles. The third kappa shape index (κ3) is 4.41. The quantitative estimate of drug-likeness (QED) is 0.572. The zero-order valence-corrected chi connectivity index (χ0v) is 18.7. The van der Waals surface area contributed by atoms with Crippen molar-refractivity contribution in [1.29, 1.82) is 0 Å². The lowest BCUT2D eigenvalue weighted by molar-refractivity contribution is -0.133. The van der Waals surface area contributed by atoms with Crippen LogP contribution in [0.5, 0.6) is 5.75 Å². The van der Waals surface area contributed by atoms with E-state index in [0.29, 0.717) is 26.2 Å². The lowest BCUT2D eigenvalue weighted by Crippen LogP contribution is -2.51. The van der Waals surface area contributed by atoms with Crippen molar-refractivity contribution in [2.45, 2.75) is 12.8 Å². The standard InChI is InChI=1S/C25H24ClFN2O3/c1-16(17-3-4-19-14-21(32-2)7-5-18(19)13-17)24(30)28-9-11-29(12-10-28)25(31)22-8-6-20(27)15-23(22)26/h3-8,13-16H,9-12H2,1-2H3/t16-/m0/s1. The molecule has 2 amide bonds. The second-order valence-electron chi connectivity index (χ2n) is 7.94. The van der Waals surface area contributed by atoms with Crippen molar-refractivity contribution < 1.29 is 18.7 Å². The molecule has 3 aromatic carbocycles. The van der Waals surface area contributed by atoms with Crippen LogP contribution in [0.4, 0.5) is 4.39 Å². The number of nitrogens with zero attached hydrogens (tertiary/aromatic N) is 2. The number of methoxy groups -OCH3 is 1. The number of carbonyl (C=O) groups is 2. The number of hydrogen-bond acceptors (Lipinski definition) is 3. The highest BCUT2D eigenvalue weighted by Gasteiger charge is 2.28. The molecule has 1 saturated heterocycles. The maximum absolute atomic E-state index is 13.3. The molecule has 32 heavy (non-hydrogen) atoms. The van der Waals surface area contributed by atoms with Gasteiger partial charge in [0.15, 0.2) is 0 Å².